The average Bonchev–Trinajstić information content (AvgIpc) is 3.08. The second-order valence-electron chi connectivity index (χ2n) is 6.20. The van der Waals surface area contributed by atoms with Gasteiger partial charge < -0.3 is 4.52 Å². The molecule has 0 aliphatic carbocycles. The molecule has 1 aliphatic heterocycles. The van der Waals surface area contributed by atoms with Gasteiger partial charge in [0.15, 0.2) is 5.82 Å². The Balaban J connectivity index is 1.55. The SMILES string of the molecule is Cc1nc(CN2CCC[C@@H](N(C)Cc3cnn(C)c3)C2)no1. The van der Waals surface area contributed by atoms with E-state index in [1.165, 1.54) is 18.4 Å². The number of likely N-dealkylation sites (N-methyl/N-ethyl adjacent to an activating group) is 1. The molecular formula is C15H24N6O. The number of aryl methyl sites for hydroxylation is 2. The summed E-state index contributed by atoms with van der Waals surface area (Å²) in [7, 11) is 4.15. The van der Waals surface area contributed by atoms with Gasteiger partial charge in [-0.25, -0.2) is 0 Å². The van der Waals surface area contributed by atoms with Gasteiger partial charge in [0.05, 0.1) is 12.7 Å². The third kappa shape index (κ3) is 3.72. The monoisotopic (exact) mass is 304 g/mol. The molecule has 3 heterocycles. The van der Waals surface area contributed by atoms with E-state index < -0.39 is 0 Å². The minimum atomic E-state index is 0.557. The number of hydrogen-bond donors (Lipinski definition) is 0. The van der Waals surface area contributed by atoms with E-state index in [0.717, 1.165) is 32.0 Å². The molecule has 7 nitrogen and oxygen atoms in total. The van der Waals surface area contributed by atoms with Crippen molar-refractivity contribution >= 4 is 0 Å². The molecule has 1 saturated heterocycles. The smallest absolute Gasteiger partial charge is 0.223 e. The molecule has 1 fully saturated rings. The number of nitrogens with zero attached hydrogens (tertiary/aromatic N) is 6. The van der Waals surface area contributed by atoms with Gasteiger partial charge in [0.1, 0.15) is 0 Å². The third-order valence-corrected chi connectivity index (χ3v) is 4.23. The quantitative estimate of drug-likeness (QED) is 0.827. The predicted molar refractivity (Wildman–Crippen MR) is 82.0 cm³/mol. The van der Waals surface area contributed by atoms with Crippen molar-refractivity contribution in [3.8, 4) is 0 Å². The molecule has 0 bridgehead atoms. The Morgan fingerprint density at radius 2 is 2.32 bits per heavy atom. The highest BCUT2D eigenvalue weighted by Gasteiger charge is 2.24. The first-order chi connectivity index (χ1) is 10.6. The lowest BCUT2D eigenvalue weighted by Crippen LogP contribution is -2.45. The van der Waals surface area contributed by atoms with E-state index in [0.29, 0.717) is 11.9 Å². The Morgan fingerprint density at radius 1 is 1.45 bits per heavy atom. The summed E-state index contributed by atoms with van der Waals surface area (Å²) in [6, 6.07) is 0.557. The number of rotatable bonds is 5. The Morgan fingerprint density at radius 3 is 3.00 bits per heavy atom. The molecule has 1 aliphatic rings. The lowest BCUT2D eigenvalue weighted by atomic mass is 10.0. The first kappa shape index (κ1) is 15.2. The molecule has 0 aromatic carbocycles. The molecule has 0 N–H and O–H groups in total. The van der Waals surface area contributed by atoms with Crippen LogP contribution in [0.3, 0.4) is 0 Å². The van der Waals surface area contributed by atoms with Gasteiger partial charge in [-0.1, -0.05) is 5.16 Å². The number of likely N-dealkylation sites (tertiary alicyclic amines) is 1. The van der Waals surface area contributed by atoms with Gasteiger partial charge in [0.2, 0.25) is 5.89 Å². The average molecular weight is 304 g/mol. The second-order valence-corrected chi connectivity index (χ2v) is 6.20. The highest BCUT2D eigenvalue weighted by Crippen LogP contribution is 2.18. The molecule has 0 spiro atoms. The molecule has 0 amide bonds. The first-order valence-corrected chi connectivity index (χ1v) is 7.79. The van der Waals surface area contributed by atoms with Crippen LogP contribution in [0.1, 0.15) is 30.1 Å². The fourth-order valence-electron chi connectivity index (χ4n) is 3.11. The van der Waals surface area contributed by atoms with Gasteiger partial charge in [-0.2, -0.15) is 10.1 Å². The van der Waals surface area contributed by atoms with Crippen molar-refractivity contribution < 1.29 is 4.52 Å². The van der Waals surface area contributed by atoms with Crippen molar-refractivity contribution in [2.75, 3.05) is 20.1 Å². The van der Waals surface area contributed by atoms with Gasteiger partial charge in [0, 0.05) is 44.9 Å². The summed E-state index contributed by atoms with van der Waals surface area (Å²) in [4.78, 5) is 9.14. The van der Waals surface area contributed by atoms with E-state index in [1.807, 2.05) is 24.9 Å². The fourth-order valence-corrected chi connectivity index (χ4v) is 3.11. The Bertz CT molecular complexity index is 566. The van der Waals surface area contributed by atoms with Crippen molar-refractivity contribution in [3.05, 3.63) is 29.7 Å². The van der Waals surface area contributed by atoms with Crippen LogP contribution in [0.15, 0.2) is 16.9 Å². The molecule has 0 unspecified atom stereocenters. The zero-order valence-corrected chi connectivity index (χ0v) is 13.6. The largest absolute Gasteiger partial charge is 0.340 e. The first-order valence-electron chi connectivity index (χ1n) is 7.79. The fraction of sp³-hybridized carbons (Fsp3) is 0.667. The van der Waals surface area contributed by atoms with Crippen LogP contribution in [-0.2, 0) is 20.1 Å². The molecule has 1 atom stereocenters. The van der Waals surface area contributed by atoms with Gasteiger partial charge in [-0.05, 0) is 26.4 Å². The predicted octanol–water partition coefficient (Wildman–Crippen LogP) is 1.21. The molecule has 0 radical (unpaired) electrons. The zero-order chi connectivity index (χ0) is 15.5. The maximum Gasteiger partial charge on any atom is 0.223 e. The van der Waals surface area contributed by atoms with Gasteiger partial charge in [0.25, 0.3) is 0 Å². The lowest BCUT2D eigenvalue weighted by molar-refractivity contribution is 0.105. The highest BCUT2D eigenvalue weighted by molar-refractivity contribution is 5.03. The molecule has 120 valence electrons. The van der Waals surface area contributed by atoms with Crippen molar-refractivity contribution in [1.82, 2.24) is 29.7 Å². The summed E-state index contributed by atoms with van der Waals surface area (Å²) in [6.45, 7) is 5.69. The Kier molecular flexibility index (Phi) is 4.54. The van der Waals surface area contributed by atoms with E-state index in [2.05, 4.69) is 38.3 Å². The van der Waals surface area contributed by atoms with Crippen LogP contribution in [-0.4, -0.2) is 55.9 Å². The van der Waals surface area contributed by atoms with E-state index in [1.54, 1.807) is 0 Å². The van der Waals surface area contributed by atoms with E-state index in [-0.39, 0.29) is 0 Å². The summed E-state index contributed by atoms with van der Waals surface area (Å²) in [6.07, 6.45) is 6.47. The van der Waals surface area contributed by atoms with Crippen molar-refractivity contribution in [1.29, 1.82) is 0 Å². The van der Waals surface area contributed by atoms with Crippen molar-refractivity contribution in [3.63, 3.8) is 0 Å². The van der Waals surface area contributed by atoms with E-state index >= 15 is 0 Å². The van der Waals surface area contributed by atoms with Gasteiger partial charge in [-0.3, -0.25) is 14.5 Å². The summed E-state index contributed by atoms with van der Waals surface area (Å²) in [5.74, 6) is 1.42. The third-order valence-electron chi connectivity index (χ3n) is 4.23. The Hall–Kier alpha value is -1.73. The van der Waals surface area contributed by atoms with Crippen LogP contribution in [0, 0.1) is 6.92 Å². The molecular weight excluding hydrogens is 280 g/mol. The molecule has 3 rings (SSSR count). The Labute approximate surface area is 130 Å². The standard InChI is InChI=1S/C15H24N6O/c1-12-17-15(18-22-12)11-21-6-4-5-14(10-21)19(2)8-13-7-16-20(3)9-13/h7,9,14H,4-6,8,10-11H2,1-3H3/t14-/m1/s1. The van der Waals surface area contributed by atoms with Crippen LogP contribution in [0.5, 0.6) is 0 Å². The van der Waals surface area contributed by atoms with Crippen LogP contribution in [0.2, 0.25) is 0 Å². The van der Waals surface area contributed by atoms with Crippen LogP contribution in [0.25, 0.3) is 0 Å². The second kappa shape index (κ2) is 6.58. The van der Waals surface area contributed by atoms with Crippen LogP contribution in [0.4, 0.5) is 0 Å². The molecule has 0 saturated carbocycles. The van der Waals surface area contributed by atoms with Crippen LogP contribution >= 0.6 is 0 Å². The van der Waals surface area contributed by atoms with Gasteiger partial charge in [-0.15, -0.1) is 0 Å². The maximum atomic E-state index is 5.05. The number of piperidine rings is 1. The maximum absolute atomic E-state index is 5.05. The molecule has 2 aromatic rings. The molecule has 2 aromatic heterocycles. The van der Waals surface area contributed by atoms with Crippen molar-refractivity contribution in [2.45, 2.75) is 38.9 Å². The topological polar surface area (TPSA) is 63.2 Å². The van der Waals surface area contributed by atoms with Crippen LogP contribution < -0.4 is 0 Å². The van der Waals surface area contributed by atoms with Gasteiger partial charge >= 0.3 is 0 Å². The summed E-state index contributed by atoms with van der Waals surface area (Å²) >= 11 is 0. The summed E-state index contributed by atoms with van der Waals surface area (Å²) in [5.41, 5.74) is 1.26. The lowest BCUT2D eigenvalue weighted by Gasteiger charge is -2.37. The number of hydrogen-bond acceptors (Lipinski definition) is 6. The minimum Gasteiger partial charge on any atom is -0.340 e. The van der Waals surface area contributed by atoms with E-state index in [4.69, 9.17) is 4.52 Å². The minimum absolute atomic E-state index is 0.557. The zero-order valence-electron chi connectivity index (χ0n) is 13.6. The normalized spacial score (nSPS) is 19.9. The molecule has 22 heavy (non-hydrogen) atoms. The highest BCUT2D eigenvalue weighted by atomic mass is 16.5. The van der Waals surface area contributed by atoms with Crippen molar-refractivity contribution in [2.24, 2.45) is 7.05 Å². The number of aromatic nitrogens is 4. The summed E-state index contributed by atoms with van der Waals surface area (Å²) in [5, 5.41) is 8.24. The summed E-state index contributed by atoms with van der Waals surface area (Å²) < 4.78 is 6.91. The molecule has 7 heteroatoms. The van der Waals surface area contributed by atoms with E-state index in [9.17, 15) is 0 Å².